The van der Waals surface area contributed by atoms with Crippen molar-refractivity contribution in [1.82, 2.24) is 19.7 Å². The van der Waals surface area contributed by atoms with E-state index in [2.05, 4.69) is 27.3 Å². The van der Waals surface area contributed by atoms with Crippen molar-refractivity contribution in [2.45, 2.75) is 26.8 Å². The highest BCUT2D eigenvalue weighted by Crippen LogP contribution is 2.15. The van der Waals surface area contributed by atoms with Crippen LogP contribution in [0.5, 0.6) is 0 Å². The molecule has 0 aromatic carbocycles. The van der Waals surface area contributed by atoms with Crippen LogP contribution in [0.1, 0.15) is 24.0 Å². The summed E-state index contributed by atoms with van der Waals surface area (Å²) >= 11 is 0. The third-order valence-corrected chi connectivity index (χ3v) is 2.62. The minimum atomic E-state index is 0.730. The largest absolute Gasteiger partial charge is 0.377 e. The van der Waals surface area contributed by atoms with Crippen LogP contribution in [-0.4, -0.2) is 19.7 Å². The number of aryl methyl sites for hydroxylation is 3. The van der Waals surface area contributed by atoms with E-state index in [-0.39, 0.29) is 0 Å². The van der Waals surface area contributed by atoms with E-state index in [0.29, 0.717) is 0 Å². The molecule has 0 saturated carbocycles. The molecule has 2 aromatic rings. The van der Waals surface area contributed by atoms with Gasteiger partial charge in [0.15, 0.2) is 0 Å². The fourth-order valence-corrected chi connectivity index (χ4v) is 1.69. The van der Waals surface area contributed by atoms with E-state index in [4.69, 9.17) is 0 Å². The first-order valence-electron chi connectivity index (χ1n) is 5.46. The van der Waals surface area contributed by atoms with Crippen molar-refractivity contribution in [1.29, 1.82) is 0 Å². The molecule has 0 unspecified atom stereocenters. The summed E-state index contributed by atoms with van der Waals surface area (Å²) in [7, 11) is 1.93. The molecule has 0 amide bonds. The lowest BCUT2D eigenvalue weighted by Crippen LogP contribution is -2.02. The Morgan fingerprint density at radius 3 is 2.88 bits per heavy atom. The number of aromatic amines is 1. The molecule has 0 atom stereocenters. The van der Waals surface area contributed by atoms with Crippen LogP contribution in [0.3, 0.4) is 0 Å². The van der Waals surface area contributed by atoms with Gasteiger partial charge in [-0.25, -0.2) is 4.98 Å². The number of nitrogens with one attached hydrogen (secondary N) is 2. The van der Waals surface area contributed by atoms with Gasteiger partial charge in [-0.3, -0.25) is 4.68 Å². The Labute approximate surface area is 94.9 Å². The molecule has 0 radical (unpaired) electrons. The monoisotopic (exact) mass is 219 g/mol. The van der Waals surface area contributed by atoms with Crippen LogP contribution >= 0.6 is 0 Å². The molecule has 16 heavy (non-hydrogen) atoms. The molecular weight excluding hydrogens is 202 g/mol. The molecule has 0 aliphatic heterocycles. The topological polar surface area (TPSA) is 58.5 Å². The number of hydrogen-bond acceptors (Lipinski definition) is 3. The van der Waals surface area contributed by atoms with Gasteiger partial charge in [-0.15, -0.1) is 0 Å². The van der Waals surface area contributed by atoms with Crippen molar-refractivity contribution in [2.24, 2.45) is 7.05 Å². The van der Waals surface area contributed by atoms with E-state index in [1.165, 1.54) is 0 Å². The van der Waals surface area contributed by atoms with Gasteiger partial charge in [0.2, 0.25) is 0 Å². The van der Waals surface area contributed by atoms with Crippen molar-refractivity contribution in [3.8, 4) is 0 Å². The Kier molecular flexibility index (Phi) is 2.94. The van der Waals surface area contributed by atoms with Crippen LogP contribution in [0.2, 0.25) is 0 Å². The van der Waals surface area contributed by atoms with Gasteiger partial charge in [0, 0.05) is 18.9 Å². The fraction of sp³-hybridized carbons (Fsp3) is 0.455. The van der Waals surface area contributed by atoms with E-state index < -0.39 is 0 Å². The highest BCUT2D eigenvalue weighted by Gasteiger charge is 2.06. The summed E-state index contributed by atoms with van der Waals surface area (Å²) in [5.74, 6) is 0. The van der Waals surface area contributed by atoms with Gasteiger partial charge in [0.05, 0.1) is 29.9 Å². The van der Waals surface area contributed by atoms with Gasteiger partial charge in [-0.1, -0.05) is 6.92 Å². The first-order valence-corrected chi connectivity index (χ1v) is 5.46. The van der Waals surface area contributed by atoms with Gasteiger partial charge in [0.1, 0.15) is 0 Å². The average Bonchev–Trinajstić information content (AvgIpc) is 2.81. The molecule has 5 heteroatoms. The van der Waals surface area contributed by atoms with Crippen molar-refractivity contribution in [2.75, 3.05) is 5.32 Å². The maximum atomic E-state index is 4.38. The number of H-pyrrole nitrogens is 1. The van der Waals surface area contributed by atoms with Crippen LogP contribution in [0.25, 0.3) is 0 Å². The van der Waals surface area contributed by atoms with Crippen molar-refractivity contribution in [3.63, 3.8) is 0 Å². The number of aromatic nitrogens is 4. The number of hydrogen-bond donors (Lipinski definition) is 2. The lowest BCUT2D eigenvalue weighted by molar-refractivity contribution is 0.746. The molecule has 0 fully saturated rings. The summed E-state index contributed by atoms with van der Waals surface area (Å²) in [6, 6.07) is 0. The van der Waals surface area contributed by atoms with E-state index in [1.54, 1.807) is 6.33 Å². The molecular formula is C11H17N5. The maximum absolute atomic E-state index is 4.38. The Balaban J connectivity index is 2.07. The Hall–Kier alpha value is -1.78. The quantitative estimate of drug-likeness (QED) is 0.821. The predicted octanol–water partition coefficient (Wildman–Crippen LogP) is 1.63. The minimum absolute atomic E-state index is 0.730. The molecule has 0 bridgehead atoms. The van der Waals surface area contributed by atoms with Gasteiger partial charge in [0.25, 0.3) is 0 Å². The summed E-state index contributed by atoms with van der Waals surface area (Å²) in [4.78, 5) is 7.31. The van der Waals surface area contributed by atoms with Gasteiger partial charge in [-0.2, -0.15) is 5.10 Å². The highest BCUT2D eigenvalue weighted by molar-refractivity contribution is 5.46. The van der Waals surface area contributed by atoms with E-state index >= 15 is 0 Å². The zero-order chi connectivity index (χ0) is 11.5. The molecule has 0 aliphatic carbocycles. The third-order valence-electron chi connectivity index (χ3n) is 2.62. The van der Waals surface area contributed by atoms with Gasteiger partial charge >= 0.3 is 0 Å². The lowest BCUT2D eigenvalue weighted by Gasteiger charge is -2.03. The lowest BCUT2D eigenvalue weighted by atomic mass is 10.3. The zero-order valence-corrected chi connectivity index (χ0v) is 9.91. The van der Waals surface area contributed by atoms with Crippen LogP contribution in [0.15, 0.2) is 12.5 Å². The van der Waals surface area contributed by atoms with Crippen molar-refractivity contribution < 1.29 is 0 Å². The molecule has 2 heterocycles. The second kappa shape index (κ2) is 4.38. The van der Waals surface area contributed by atoms with Crippen LogP contribution in [-0.2, 0) is 20.0 Å². The summed E-state index contributed by atoms with van der Waals surface area (Å²) in [6.45, 7) is 4.86. The summed E-state index contributed by atoms with van der Waals surface area (Å²) in [6.07, 6.45) is 4.65. The Morgan fingerprint density at radius 2 is 2.25 bits per heavy atom. The van der Waals surface area contributed by atoms with Crippen molar-refractivity contribution in [3.05, 3.63) is 29.6 Å². The maximum Gasteiger partial charge on any atom is 0.0925 e. The minimum Gasteiger partial charge on any atom is -0.377 e. The predicted molar refractivity (Wildman–Crippen MR) is 63.2 cm³/mol. The Morgan fingerprint density at radius 1 is 1.44 bits per heavy atom. The number of rotatable bonds is 4. The smallest absolute Gasteiger partial charge is 0.0925 e. The molecule has 0 aliphatic rings. The summed E-state index contributed by atoms with van der Waals surface area (Å²) in [5.41, 5.74) is 4.34. The second-order valence-corrected chi connectivity index (χ2v) is 3.84. The molecule has 2 rings (SSSR count). The number of nitrogens with zero attached hydrogens (tertiary/aromatic N) is 3. The molecule has 2 aromatic heterocycles. The molecule has 86 valence electrons. The number of anilines is 1. The average molecular weight is 219 g/mol. The normalized spacial score (nSPS) is 10.7. The summed E-state index contributed by atoms with van der Waals surface area (Å²) in [5, 5.41) is 7.74. The second-order valence-electron chi connectivity index (χ2n) is 3.84. The highest BCUT2D eigenvalue weighted by atomic mass is 15.3. The van der Waals surface area contributed by atoms with Crippen molar-refractivity contribution >= 4 is 5.69 Å². The number of imidazole rings is 1. The fourth-order valence-electron chi connectivity index (χ4n) is 1.69. The standard InChI is InChI=1S/C11H17N5/c1-4-9-11(6-16(3)15-9)12-5-10-8(2)13-7-14-10/h6-7,12H,4-5H2,1-3H3,(H,13,14). The SMILES string of the molecule is CCc1nn(C)cc1NCc1nc[nH]c1C. The first kappa shape index (κ1) is 10.7. The first-order chi connectivity index (χ1) is 7.70. The molecule has 0 spiro atoms. The molecule has 5 nitrogen and oxygen atoms in total. The van der Waals surface area contributed by atoms with E-state index in [9.17, 15) is 0 Å². The van der Waals surface area contributed by atoms with Crippen LogP contribution in [0, 0.1) is 6.92 Å². The van der Waals surface area contributed by atoms with E-state index in [0.717, 1.165) is 35.7 Å². The Bertz CT molecular complexity index is 468. The van der Waals surface area contributed by atoms with Crippen LogP contribution in [0.4, 0.5) is 5.69 Å². The molecule has 0 saturated heterocycles. The zero-order valence-electron chi connectivity index (χ0n) is 9.91. The molecule has 2 N–H and O–H groups in total. The van der Waals surface area contributed by atoms with Crippen LogP contribution < -0.4 is 5.32 Å². The van der Waals surface area contributed by atoms with Gasteiger partial charge < -0.3 is 10.3 Å². The third kappa shape index (κ3) is 2.08. The van der Waals surface area contributed by atoms with E-state index in [1.807, 2.05) is 24.9 Å². The summed E-state index contributed by atoms with van der Waals surface area (Å²) < 4.78 is 1.83. The van der Waals surface area contributed by atoms with Gasteiger partial charge in [-0.05, 0) is 13.3 Å².